The Morgan fingerprint density at radius 3 is 2.31 bits per heavy atom. The molecule has 6 N–H and O–H groups in total. The molecule has 2 aromatic carbocycles. The van der Waals surface area contributed by atoms with Gasteiger partial charge in [0.15, 0.2) is 0 Å². The molecule has 1 heterocycles. The quantitative estimate of drug-likeness (QED) is 0.297. The van der Waals surface area contributed by atoms with Crippen molar-refractivity contribution in [2.45, 2.75) is 49.5 Å². The Morgan fingerprint density at radius 1 is 0.969 bits per heavy atom. The van der Waals surface area contributed by atoms with Crippen LogP contribution < -0.4 is 4.74 Å². The summed E-state index contributed by atoms with van der Waals surface area (Å²) >= 11 is 6.32. The van der Waals surface area contributed by atoms with Gasteiger partial charge in [0, 0.05) is 11.4 Å². The summed E-state index contributed by atoms with van der Waals surface area (Å²) in [5.74, 6) is 0.750. The van der Waals surface area contributed by atoms with E-state index >= 15 is 0 Å². The maximum absolute atomic E-state index is 10.5. The molecular weight excluding hydrogens is 440 g/mol. The highest BCUT2D eigenvalue weighted by Crippen LogP contribution is 2.28. The van der Waals surface area contributed by atoms with Crippen molar-refractivity contribution in [1.82, 2.24) is 0 Å². The second-order valence-corrected chi connectivity index (χ2v) is 8.35. The predicted octanol–water partition coefficient (Wildman–Crippen LogP) is 0.568. The van der Waals surface area contributed by atoms with E-state index in [9.17, 15) is 25.5 Å². The average molecular weight is 469 g/mol. The number of rotatable bonds is 10. The van der Waals surface area contributed by atoms with Gasteiger partial charge < -0.3 is 40.1 Å². The molecule has 6 atom stereocenters. The minimum absolute atomic E-state index is 0.0623. The van der Waals surface area contributed by atoms with Crippen molar-refractivity contribution >= 4 is 11.6 Å². The van der Waals surface area contributed by atoms with Gasteiger partial charge in [-0.2, -0.15) is 0 Å². The van der Waals surface area contributed by atoms with E-state index in [2.05, 4.69) is 0 Å². The third-order valence-corrected chi connectivity index (χ3v) is 5.89. The number of hydrogen-bond acceptors (Lipinski definition) is 8. The summed E-state index contributed by atoms with van der Waals surface area (Å²) in [6, 6.07) is 12.2. The molecule has 9 heteroatoms. The molecule has 1 saturated heterocycles. The van der Waals surface area contributed by atoms with Gasteiger partial charge in [0.1, 0.15) is 42.4 Å². The van der Waals surface area contributed by atoms with Crippen molar-refractivity contribution in [3.8, 4) is 5.75 Å². The van der Waals surface area contributed by atoms with Gasteiger partial charge in [0.2, 0.25) is 0 Å². The second kappa shape index (κ2) is 11.4. The standard InChI is InChI=1S/C23H29ClO8/c24-18-6-3-14(20(27)22(29)23(30)21(28)19(26)11-25)10-15(18)9-13-1-4-16(5-2-13)32-17-7-8-31-12-17/h1-6,10,17,19-23,25-30H,7-9,11-12H2/t17-,19-,20?,21+,22-,23-/m0/s1. The average Bonchev–Trinajstić information content (AvgIpc) is 3.32. The molecule has 32 heavy (non-hydrogen) atoms. The first-order valence-electron chi connectivity index (χ1n) is 10.4. The van der Waals surface area contributed by atoms with Crippen LogP contribution in [0.3, 0.4) is 0 Å². The first-order chi connectivity index (χ1) is 15.3. The highest BCUT2D eigenvalue weighted by Gasteiger charge is 2.34. The third kappa shape index (κ3) is 6.18. The summed E-state index contributed by atoms with van der Waals surface area (Å²) < 4.78 is 11.2. The second-order valence-electron chi connectivity index (χ2n) is 7.94. The lowest BCUT2D eigenvalue weighted by molar-refractivity contribution is -0.141. The monoisotopic (exact) mass is 468 g/mol. The summed E-state index contributed by atoms with van der Waals surface area (Å²) in [7, 11) is 0. The highest BCUT2D eigenvalue weighted by molar-refractivity contribution is 6.31. The minimum atomic E-state index is -1.87. The van der Waals surface area contributed by atoms with E-state index in [1.54, 1.807) is 12.1 Å². The zero-order valence-corrected chi connectivity index (χ0v) is 18.2. The lowest BCUT2D eigenvalue weighted by atomic mass is 9.93. The SMILES string of the molecule is OC[C@H](O)[C@@H](O)[C@H](O)[C@@H](O)C(O)c1ccc(Cl)c(Cc2ccc(O[C@H]3CCOC3)cc2)c1. The fourth-order valence-electron chi connectivity index (χ4n) is 3.54. The van der Waals surface area contributed by atoms with Crippen LogP contribution in [-0.2, 0) is 11.2 Å². The predicted molar refractivity (Wildman–Crippen MR) is 117 cm³/mol. The van der Waals surface area contributed by atoms with E-state index in [1.807, 2.05) is 24.3 Å². The van der Waals surface area contributed by atoms with Gasteiger partial charge in [0.25, 0.3) is 0 Å². The minimum Gasteiger partial charge on any atom is -0.488 e. The molecule has 176 valence electrons. The molecule has 0 aliphatic carbocycles. The van der Waals surface area contributed by atoms with Gasteiger partial charge in [-0.25, -0.2) is 0 Å². The Bertz CT molecular complexity index is 856. The lowest BCUT2D eigenvalue weighted by Gasteiger charge is -2.28. The van der Waals surface area contributed by atoms with Gasteiger partial charge >= 0.3 is 0 Å². The van der Waals surface area contributed by atoms with E-state index in [0.717, 1.165) is 17.7 Å². The van der Waals surface area contributed by atoms with Crippen LogP contribution in [0.5, 0.6) is 5.75 Å². The number of benzene rings is 2. The number of aliphatic hydroxyl groups excluding tert-OH is 6. The van der Waals surface area contributed by atoms with Crippen LogP contribution in [0.25, 0.3) is 0 Å². The van der Waals surface area contributed by atoms with Gasteiger partial charge in [-0.05, 0) is 41.3 Å². The van der Waals surface area contributed by atoms with Crippen molar-refractivity contribution in [2.75, 3.05) is 19.8 Å². The summed E-state index contributed by atoms with van der Waals surface area (Å²) in [5, 5.41) is 59.4. The molecule has 0 radical (unpaired) electrons. The highest BCUT2D eigenvalue weighted by atomic mass is 35.5. The Morgan fingerprint density at radius 2 is 1.69 bits per heavy atom. The molecule has 0 amide bonds. The maximum Gasteiger partial charge on any atom is 0.124 e. The molecule has 0 aromatic heterocycles. The van der Waals surface area contributed by atoms with Crippen LogP contribution in [0.4, 0.5) is 0 Å². The van der Waals surface area contributed by atoms with Crippen molar-refractivity contribution in [3.05, 3.63) is 64.2 Å². The maximum atomic E-state index is 10.5. The van der Waals surface area contributed by atoms with E-state index in [4.69, 9.17) is 26.2 Å². The lowest BCUT2D eigenvalue weighted by Crippen LogP contribution is -2.47. The molecule has 1 aliphatic rings. The Hall–Kier alpha value is -1.75. The van der Waals surface area contributed by atoms with E-state index in [-0.39, 0.29) is 11.7 Å². The molecule has 3 rings (SSSR count). The first kappa shape index (κ1) is 24.9. The van der Waals surface area contributed by atoms with Gasteiger partial charge in [0.05, 0.1) is 19.8 Å². The summed E-state index contributed by atoms with van der Waals surface area (Å²) in [5.41, 5.74) is 1.93. The molecule has 1 fully saturated rings. The molecule has 0 saturated carbocycles. The number of hydrogen-bond donors (Lipinski definition) is 6. The van der Waals surface area contributed by atoms with Crippen molar-refractivity contribution in [2.24, 2.45) is 0 Å². The number of aliphatic hydroxyl groups is 6. The van der Waals surface area contributed by atoms with Crippen molar-refractivity contribution in [3.63, 3.8) is 0 Å². The number of ether oxygens (including phenoxy) is 2. The smallest absolute Gasteiger partial charge is 0.124 e. The van der Waals surface area contributed by atoms with Crippen molar-refractivity contribution < 1.29 is 40.1 Å². The van der Waals surface area contributed by atoms with Gasteiger partial charge in [-0.1, -0.05) is 35.9 Å². The Labute approximate surface area is 191 Å². The van der Waals surface area contributed by atoms with Crippen LogP contribution in [0.1, 0.15) is 29.2 Å². The van der Waals surface area contributed by atoms with Crippen LogP contribution in [0.15, 0.2) is 42.5 Å². The van der Waals surface area contributed by atoms with E-state index < -0.39 is 37.1 Å². The van der Waals surface area contributed by atoms with Crippen molar-refractivity contribution in [1.29, 1.82) is 0 Å². The summed E-state index contributed by atoms with van der Waals surface area (Å²) in [6.45, 7) is 0.490. The summed E-state index contributed by atoms with van der Waals surface area (Å²) in [6.07, 6.45) is -7.31. The third-order valence-electron chi connectivity index (χ3n) is 5.52. The van der Waals surface area contributed by atoms with Crippen LogP contribution in [-0.4, -0.2) is 81.0 Å². The zero-order valence-electron chi connectivity index (χ0n) is 17.4. The molecule has 8 nitrogen and oxygen atoms in total. The van der Waals surface area contributed by atoms with Crippen LogP contribution in [0, 0.1) is 0 Å². The first-order valence-corrected chi connectivity index (χ1v) is 10.8. The van der Waals surface area contributed by atoms with Gasteiger partial charge in [-0.15, -0.1) is 0 Å². The summed E-state index contributed by atoms with van der Waals surface area (Å²) in [4.78, 5) is 0. The molecule has 0 spiro atoms. The molecular formula is C23H29ClO8. The largest absolute Gasteiger partial charge is 0.488 e. The number of halogens is 1. The van der Waals surface area contributed by atoms with Crippen LogP contribution >= 0.6 is 11.6 Å². The molecule has 2 aromatic rings. The molecule has 1 unspecified atom stereocenters. The van der Waals surface area contributed by atoms with E-state index in [0.29, 0.717) is 30.2 Å². The normalized spacial score (nSPS) is 21.0. The zero-order chi connectivity index (χ0) is 23.3. The molecule has 1 aliphatic heterocycles. The topological polar surface area (TPSA) is 140 Å². The van der Waals surface area contributed by atoms with E-state index in [1.165, 1.54) is 6.07 Å². The Kier molecular flexibility index (Phi) is 8.87. The fourth-order valence-corrected chi connectivity index (χ4v) is 3.72. The Balaban J connectivity index is 1.68. The fraction of sp³-hybridized carbons (Fsp3) is 0.478. The van der Waals surface area contributed by atoms with Gasteiger partial charge in [-0.3, -0.25) is 0 Å². The molecule has 0 bridgehead atoms. The van der Waals surface area contributed by atoms with Crippen LogP contribution in [0.2, 0.25) is 5.02 Å².